The molecule has 0 radical (unpaired) electrons. The lowest BCUT2D eigenvalue weighted by Gasteiger charge is -2.27. The van der Waals surface area contributed by atoms with Gasteiger partial charge in [-0.1, -0.05) is 32.9 Å². The maximum Gasteiger partial charge on any atom is 0.175 e. The number of halogens is 1. The molecule has 0 saturated heterocycles. The van der Waals surface area contributed by atoms with E-state index >= 15 is 0 Å². The van der Waals surface area contributed by atoms with Crippen LogP contribution in [0.5, 0.6) is 0 Å². The molecule has 98 valence electrons. The number of rotatable bonds is 2. The monoisotopic (exact) mass is 277 g/mol. The van der Waals surface area contributed by atoms with Crippen LogP contribution in [0.1, 0.15) is 32.4 Å². The molecule has 0 heterocycles. The van der Waals surface area contributed by atoms with Gasteiger partial charge in [0.1, 0.15) is 0 Å². The first kappa shape index (κ1) is 16.4. The summed E-state index contributed by atoms with van der Waals surface area (Å²) in [7, 11) is -3.12. The molecular formula is C12H20ClNO2S. The van der Waals surface area contributed by atoms with Crippen molar-refractivity contribution in [2.75, 3.05) is 6.26 Å². The molecule has 0 aliphatic carbocycles. The second-order valence-corrected chi connectivity index (χ2v) is 7.20. The van der Waals surface area contributed by atoms with E-state index in [4.69, 9.17) is 5.73 Å². The number of nitrogens with two attached hydrogens (primary N) is 1. The minimum Gasteiger partial charge on any atom is -0.324 e. The van der Waals surface area contributed by atoms with E-state index in [9.17, 15) is 8.42 Å². The highest BCUT2D eigenvalue weighted by Crippen LogP contribution is 2.30. The van der Waals surface area contributed by atoms with Crippen LogP contribution in [-0.2, 0) is 9.84 Å². The van der Waals surface area contributed by atoms with Gasteiger partial charge in [0.05, 0.1) is 4.90 Å². The Morgan fingerprint density at radius 2 is 1.53 bits per heavy atom. The van der Waals surface area contributed by atoms with Crippen LogP contribution >= 0.6 is 12.4 Å². The zero-order valence-electron chi connectivity index (χ0n) is 10.6. The summed E-state index contributed by atoms with van der Waals surface area (Å²) in [6, 6.07) is 6.69. The molecule has 1 atom stereocenters. The molecular weight excluding hydrogens is 258 g/mol. The third kappa shape index (κ3) is 4.30. The Labute approximate surface area is 110 Å². The Morgan fingerprint density at radius 1 is 1.12 bits per heavy atom. The van der Waals surface area contributed by atoms with Crippen LogP contribution < -0.4 is 5.73 Å². The van der Waals surface area contributed by atoms with E-state index in [0.29, 0.717) is 4.90 Å². The Kier molecular flexibility index (Phi) is 5.19. The smallest absolute Gasteiger partial charge is 0.175 e. The minimum absolute atomic E-state index is 0. The fourth-order valence-electron chi connectivity index (χ4n) is 1.42. The maximum absolute atomic E-state index is 11.3. The van der Waals surface area contributed by atoms with E-state index < -0.39 is 9.84 Å². The summed E-state index contributed by atoms with van der Waals surface area (Å²) < 4.78 is 22.6. The number of hydrogen-bond donors (Lipinski definition) is 1. The highest BCUT2D eigenvalue weighted by atomic mass is 35.5. The van der Waals surface area contributed by atoms with Gasteiger partial charge in [0.15, 0.2) is 9.84 Å². The summed E-state index contributed by atoms with van der Waals surface area (Å²) in [5.41, 5.74) is 7.00. The molecule has 0 fully saturated rings. The molecule has 0 bridgehead atoms. The van der Waals surface area contributed by atoms with Gasteiger partial charge >= 0.3 is 0 Å². The van der Waals surface area contributed by atoms with Crippen molar-refractivity contribution in [3.63, 3.8) is 0 Å². The lowest BCUT2D eigenvalue weighted by atomic mass is 9.83. The molecule has 0 saturated carbocycles. The average molecular weight is 278 g/mol. The molecule has 0 aliphatic heterocycles. The molecule has 0 amide bonds. The molecule has 3 nitrogen and oxygen atoms in total. The summed E-state index contributed by atoms with van der Waals surface area (Å²) in [4.78, 5) is 0.331. The Bertz CT molecular complexity index is 460. The van der Waals surface area contributed by atoms with Gasteiger partial charge in [0.25, 0.3) is 0 Å². The molecule has 2 N–H and O–H groups in total. The van der Waals surface area contributed by atoms with Gasteiger partial charge in [0, 0.05) is 12.3 Å². The molecule has 1 aromatic carbocycles. The van der Waals surface area contributed by atoms with E-state index in [0.717, 1.165) is 5.56 Å². The molecule has 0 aromatic heterocycles. The van der Waals surface area contributed by atoms with Gasteiger partial charge < -0.3 is 5.73 Å². The van der Waals surface area contributed by atoms with Crippen LogP contribution in [0.15, 0.2) is 29.2 Å². The summed E-state index contributed by atoms with van der Waals surface area (Å²) in [5.74, 6) is 0. The molecule has 0 spiro atoms. The maximum atomic E-state index is 11.3. The minimum atomic E-state index is -3.12. The fourth-order valence-corrected chi connectivity index (χ4v) is 2.05. The van der Waals surface area contributed by atoms with Crippen molar-refractivity contribution >= 4 is 22.2 Å². The summed E-state index contributed by atoms with van der Waals surface area (Å²) >= 11 is 0. The lowest BCUT2D eigenvalue weighted by molar-refractivity contribution is 0.327. The van der Waals surface area contributed by atoms with E-state index in [1.165, 1.54) is 6.26 Å². The van der Waals surface area contributed by atoms with Crippen LogP contribution in [0.3, 0.4) is 0 Å². The molecule has 17 heavy (non-hydrogen) atoms. The fraction of sp³-hybridized carbons (Fsp3) is 0.500. The highest BCUT2D eigenvalue weighted by Gasteiger charge is 2.22. The third-order valence-corrected chi connectivity index (χ3v) is 3.73. The number of hydrogen-bond acceptors (Lipinski definition) is 3. The second kappa shape index (κ2) is 5.38. The molecule has 1 unspecified atom stereocenters. The molecule has 1 rings (SSSR count). The Balaban J connectivity index is 0.00000256. The number of sulfone groups is 1. The van der Waals surface area contributed by atoms with Crippen molar-refractivity contribution in [2.24, 2.45) is 11.1 Å². The van der Waals surface area contributed by atoms with Crippen molar-refractivity contribution in [1.29, 1.82) is 0 Å². The van der Waals surface area contributed by atoms with Crippen molar-refractivity contribution in [1.82, 2.24) is 0 Å². The SMILES string of the molecule is CC(C)(C)C(N)c1ccc(S(C)(=O)=O)cc1.Cl. The van der Waals surface area contributed by atoms with Crippen molar-refractivity contribution in [2.45, 2.75) is 31.7 Å². The van der Waals surface area contributed by atoms with Crippen molar-refractivity contribution in [3.8, 4) is 0 Å². The van der Waals surface area contributed by atoms with Crippen LogP contribution in [0.4, 0.5) is 0 Å². The normalized spacial score (nSPS) is 13.9. The van der Waals surface area contributed by atoms with Crippen LogP contribution in [0.2, 0.25) is 0 Å². The standard InChI is InChI=1S/C12H19NO2S.ClH/c1-12(2,3)11(13)9-5-7-10(8-6-9)16(4,14)15;/h5-8,11H,13H2,1-4H3;1H. The molecule has 5 heteroatoms. The molecule has 1 aromatic rings. The van der Waals surface area contributed by atoms with E-state index in [2.05, 4.69) is 20.8 Å². The quantitative estimate of drug-likeness (QED) is 0.904. The zero-order chi connectivity index (χ0) is 12.6. The average Bonchev–Trinajstić information content (AvgIpc) is 2.14. The lowest BCUT2D eigenvalue weighted by Crippen LogP contribution is -2.26. The first-order chi connectivity index (χ1) is 7.12. The van der Waals surface area contributed by atoms with Gasteiger partial charge in [-0.15, -0.1) is 12.4 Å². The first-order valence-corrected chi connectivity index (χ1v) is 7.07. The van der Waals surface area contributed by atoms with E-state index in [1.807, 2.05) is 0 Å². The summed E-state index contributed by atoms with van der Waals surface area (Å²) in [6.07, 6.45) is 1.20. The summed E-state index contributed by atoms with van der Waals surface area (Å²) in [5, 5.41) is 0. The first-order valence-electron chi connectivity index (χ1n) is 5.18. The highest BCUT2D eigenvalue weighted by molar-refractivity contribution is 7.90. The largest absolute Gasteiger partial charge is 0.324 e. The third-order valence-electron chi connectivity index (χ3n) is 2.60. The topological polar surface area (TPSA) is 60.2 Å². The van der Waals surface area contributed by atoms with Crippen LogP contribution in [0, 0.1) is 5.41 Å². The van der Waals surface area contributed by atoms with Crippen molar-refractivity contribution < 1.29 is 8.42 Å². The Morgan fingerprint density at radius 3 is 1.82 bits per heavy atom. The van der Waals surface area contributed by atoms with E-state index in [1.54, 1.807) is 24.3 Å². The predicted octanol–water partition coefficient (Wildman–Crippen LogP) is 2.56. The second-order valence-electron chi connectivity index (χ2n) is 5.18. The van der Waals surface area contributed by atoms with Crippen LogP contribution in [-0.4, -0.2) is 14.7 Å². The van der Waals surface area contributed by atoms with Gasteiger partial charge in [0.2, 0.25) is 0 Å². The van der Waals surface area contributed by atoms with Gasteiger partial charge in [-0.3, -0.25) is 0 Å². The van der Waals surface area contributed by atoms with Crippen LogP contribution in [0.25, 0.3) is 0 Å². The van der Waals surface area contributed by atoms with Gasteiger partial charge in [-0.25, -0.2) is 8.42 Å². The molecule has 0 aliphatic rings. The summed E-state index contributed by atoms with van der Waals surface area (Å²) in [6.45, 7) is 6.17. The Hall–Kier alpha value is -0.580. The van der Waals surface area contributed by atoms with E-state index in [-0.39, 0.29) is 23.9 Å². The predicted molar refractivity (Wildman–Crippen MR) is 73.2 cm³/mol. The zero-order valence-corrected chi connectivity index (χ0v) is 12.2. The number of benzene rings is 1. The van der Waals surface area contributed by atoms with Gasteiger partial charge in [-0.2, -0.15) is 0 Å². The van der Waals surface area contributed by atoms with Crippen molar-refractivity contribution in [3.05, 3.63) is 29.8 Å². The van der Waals surface area contributed by atoms with Gasteiger partial charge in [-0.05, 0) is 23.1 Å².